The fourth-order valence-corrected chi connectivity index (χ4v) is 3.91. The monoisotopic (exact) mass is 460 g/mol. The molecular weight excluding hydrogens is 443 g/mol. The van der Waals surface area contributed by atoms with Crippen molar-refractivity contribution in [1.82, 2.24) is 9.55 Å². The number of nitrogens with zero attached hydrogens (tertiary/aromatic N) is 2. The Morgan fingerprint density at radius 3 is 2.32 bits per heavy atom. The number of halogens is 5. The van der Waals surface area contributed by atoms with E-state index >= 15 is 0 Å². The van der Waals surface area contributed by atoms with Gasteiger partial charge in [0.1, 0.15) is 0 Å². The van der Waals surface area contributed by atoms with Crippen LogP contribution in [-0.2, 0) is 21.8 Å². The van der Waals surface area contributed by atoms with Gasteiger partial charge in [-0.25, -0.2) is 31.7 Å². The standard InChI is InChI=1S/C20H17F5N2O3S/c1-3-30-19(28)10-4-5-13-12(8-10)26-20(27(13)6-7-29-2)31-9-11-14(21)16(23)18(25)17(24)15(11)22/h4-5,8H,3,6-7,9H2,1-2H3. The maximum absolute atomic E-state index is 14.0. The maximum atomic E-state index is 14.0. The lowest BCUT2D eigenvalue weighted by Crippen LogP contribution is -2.08. The van der Waals surface area contributed by atoms with Crippen LogP contribution in [0.2, 0.25) is 0 Å². The third kappa shape index (κ3) is 4.52. The summed E-state index contributed by atoms with van der Waals surface area (Å²) >= 11 is 0.797. The molecule has 5 nitrogen and oxygen atoms in total. The molecule has 0 spiro atoms. The highest BCUT2D eigenvalue weighted by molar-refractivity contribution is 7.98. The van der Waals surface area contributed by atoms with Gasteiger partial charge in [-0.15, -0.1) is 0 Å². The zero-order chi connectivity index (χ0) is 22.7. The Bertz CT molecular complexity index is 1110. The van der Waals surface area contributed by atoms with E-state index in [-0.39, 0.29) is 23.9 Å². The molecule has 3 aromatic rings. The van der Waals surface area contributed by atoms with Gasteiger partial charge in [-0.3, -0.25) is 0 Å². The molecule has 0 aliphatic rings. The van der Waals surface area contributed by atoms with Crippen molar-refractivity contribution in [2.24, 2.45) is 0 Å². The van der Waals surface area contributed by atoms with Crippen molar-refractivity contribution < 1.29 is 36.2 Å². The molecule has 3 rings (SSSR count). The van der Waals surface area contributed by atoms with Crippen LogP contribution >= 0.6 is 11.8 Å². The Kier molecular flexibility index (Phi) is 7.16. The predicted molar refractivity (Wildman–Crippen MR) is 103 cm³/mol. The van der Waals surface area contributed by atoms with Gasteiger partial charge in [0.15, 0.2) is 28.4 Å². The average Bonchev–Trinajstić information content (AvgIpc) is 3.11. The number of esters is 1. The molecule has 11 heteroatoms. The average molecular weight is 460 g/mol. The van der Waals surface area contributed by atoms with Gasteiger partial charge in [-0.2, -0.15) is 0 Å². The lowest BCUT2D eigenvalue weighted by Gasteiger charge is -2.10. The number of carbonyl (C=O) groups is 1. The highest BCUT2D eigenvalue weighted by Crippen LogP contribution is 2.31. The first-order valence-corrected chi connectivity index (χ1v) is 10.1. The van der Waals surface area contributed by atoms with Crippen molar-refractivity contribution in [3.8, 4) is 0 Å². The van der Waals surface area contributed by atoms with Gasteiger partial charge in [0.2, 0.25) is 5.82 Å². The Morgan fingerprint density at radius 1 is 1.06 bits per heavy atom. The summed E-state index contributed by atoms with van der Waals surface area (Å²) in [5.74, 6) is -11.1. The first kappa shape index (κ1) is 23.0. The van der Waals surface area contributed by atoms with Crippen LogP contribution < -0.4 is 0 Å². The van der Waals surface area contributed by atoms with Crippen molar-refractivity contribution in [2.45, 2.75) is 24.4 Å². The van der Waals surface area contributed by atoms with Crippen molar-refractivity contribution >= 4 is 28.8 Å². The molecule has 2 aromatic carbocycles. The van der Waals surface area contributed by atoms with E-state index in [1.165, 1.54) is 13.2 Å². The van der Waals surface area contributed by atoms with E-state index in [9.17, 15) is 26.7 Å². The third-order valence-corrected chi connectivity index (χ3v) is 5.39. The molecule has 1 heterocycles. The van der Waals surface area contributed by atoms with Crippen molar-refractivity contribution in [2.75, 3.05) is 20.3 Å². The number of benzene rings is 2. The number of aromatic nitrogens is 2. The summed E-state index contributed by atoms with van der Waals surface area (Å²) in [4.78, 5) is 16.3. The highest BCUT2D eigenvalue weighted by Gasteiger charge is 2.26. The second-order valence-electron chi connectivity index (χ2n) is 6.30. The Hall–Kier alpha value is -2.66. The summed E-state index contributed by atoms with van der Waals surface area (Å²) in [5, 5.41) is 0.261. The normalized spacial score (nSPS) is 11.3. The van der Waals surface area contributed by atoms with Gasteiger partial charge < -0.3 is 14.0 Å². The van der Waals surface area contributed by atoms with Crippen LogP contribution in [0, 0.1) is 29.1 Å². The van der Waals surface area contributed by atoms with Gasteiger partial charge in [0.25, 0.3) is 0 Å². The largest absolute Gasteiger partial charge is 0.462 e. The van der Waals surface area contributed by atoms with Gasteiger partial charge in [0, 0.05) is 25.0 Å². The van der Waals surface area contributed by atoms with Gasteiger partial charge in [-0.1, -0.05) is 11.8 Å². The minimum atomic E-state index is -2.21. The summed E-state index contributed by atoms with van der Waals surface area (Å²) in [6.07, 6.45) is 0. The van der Waals surface area contributed by atoms with Crippen LogP contribution in [0.25, 0.3) is 11.0 Å². The molecular formula is C20H17F5N2O3S. The molecule has 1 aromatic heterocycles. The van der Waals surface area contributed by atoms with Crippen molar-refractivity contribution in [3.05, 3.63) is 58.4 Å². The van der Waals surface area contributed by atoms with Gasteiger partial charge in [0.05, 0.1) is 29.8 Å². The second-order valence-corrected chi connectivity index (χ2v) is 7.24. The van der Waals surface area contributed by atoms with E-state index in [4.69, 9.17) is 9.47 Å². The predicted octanol–water partition coefficient (Wildman–Crippen LogP) is 4.85. The Balaban J connectivity index is 1.98. The molecule has 0 aliphatic heterocycles. The van der Waals surface area contributed by atoms with Crippen LogP contribution in [0.5, 0.6) is 0 Å². The van der Waals surface area contributed by atoms with E-state index in [2.05, 4.69) is 4.98 Å². The molecule has 0 radical (unpaired) electrons. The molecule has 0 bridgehead atoms. The topological polar surface area (TPSA) is 53.3 Å². The van der Waals surface area contributed by atoms with E-state index in [1.807, 2.05) is 0 Å². The number of ether oxygens (including phenoxy) is 2. The fourth-order valence-electron chi connectivity index (χ4n) is 2.87. The number of carbonyl (C=O) groups excluding carboxylic acids is 1. The van der Waals surface area contributed by atoms with E-state index < -0.39 is 46.4 Å². The first-order valence-electron chi connectivity index (χ1n) is 9.09. The van der Waals surface area contributed by atoms with E-state index in [0.29, 0.717) is 17.6 Å². The number of hydrogen-bond donors (Lipinski definition) is 0. The smallest absolute Gasteiger partial charge is 0.338 e. The summed E-state index contributed by atoms with van der Waals surface area (Å²) in [6, 6.07) is 4.68. The SMILES string of the molecule is CCOC(=O)c1ccc2c(c1)nc(SCc1c(F)c(F)c(F)c(F)c1F)n2CCOC. The molecule has 0 amide bonds. The molecule has 31 heavy (non-hydrogen) atoms. The van der Waals surface area contributed by atoms with Crippen molar-refractivity contribution in [3.63, 3.8) is 0 Å². The zero-order valence-corrected chi connectivity index (χ0v) is 17.3. The Morgan fingerprint density at radius 2 is 1.71 bits per heavy atom. The number of fused-ring (bicyclic) bond motifs is 1. The minimum Gasteiger partial charge on any atom is -0.462 e. The zero-order valence-electron chi connectivity index (χ0n) is 16.5. The molecule has 0 N–H and O–H groups in total. The molecule has 0 saturated carbocycles. The van der Waals surface area contributed by atoms with Gasteiger partial charge in [-0.05, 0) is 25.1 Å². The molecule has 0 aliphatic carbocycles. The lowest BCUT2D eigenvalue weighted by molar-refractivity contribution is 0.0526. The number of thioether (sulfide) groups is 1. The van der Waals surface area contributed by atoms with Gasteiger partial charge >= 0.3 is 5.97 Å². The highest BCUT2D eigenvalue weighted by atomic mass is 32.2. The third-order valence-electron chi connectivity index (χ3n) is 4.39. The fraction of sp³-hybridized carbons (Fsp3) is 0.300. The second kappa shape index (κ2) is 9.65. The molecule has 0 unspecified atom stereocenters. The first-order chi connectivity index (χ1) is 14.8. The minimum absolute atomic E-state index is 0.197. The summed E-state index contributed by atoms with van der Waals surface area (Å²) in [5.41, 5.74) is 0.326. The number of methoxy groups -OCH3 is 1. The van der Waals surface area contributed by atoms with Crippen LogP contribution in [0.15, 0.2) is 23.4 Å². The van der Waals surface area contributed by atoms with Crippen LogP contribution in [-0.4, -0.2) is 35.8 Å². The van der Waals surface area contributed by atoms with E-state index in [0.717, 1.165) is 11.8 Å². The number of imidazole rings is 1. The molecule has 0 fully saturated rings. The van der Waals surface area contributed by atoms with E-state index in [1.54, 1.807) is 23.6 Å². The van der Waals surface area contributed by atoms with Crippen LogP contribution in [0.4, 0.5) is 22.0 Å². The number of hydrogen-bond acceptors (Lipinski definition) is 5. The van der Waals surface area contributed by atoms with Crippen LogP contribution in [0.1, 0.15) is 22.8 Å². The summed E-state index contributed by atoms with van der Waals surface area (Å²) in [7, 11) is 1.49. The maximum Gasteiger partial charge on any atom is 0.338 e. The summed E-state index contributed by atoms with van der Waals surface area (Å²) < 4.78 is 79.9. The summed E-state index contributed by atoms with van der Waals surface area (Å²) in [6.45, 7) is 2.46. The Labute approximate surface area is 178 Å². The molecule has 0 saturated heterocycles. The van der Waals surface area contributed by atoms with Crippen LogP contribution in [0.3, 0.4) is 0 Å². The number of rotatable bonds is 8. The quantitative estimate of drug-likeness (QED) is 0.158. The molecule has 166 valence electrons. The molecule has 0 atom stereocenters. The van der Waals surface area contributed by atoms with Crippen molar-refractivity contribution in [1.29, 1.82) is 0 Å². The lowest BCUT2D eigenvalue weighted by atomic mass is 10.2.